The van der Waals surface area contributed by atoms with Crippen molar-refractivity contribution >= 4 is 17.4 Å². The number of hydrogen-bond acceptors (Lipinski definition) is 4. The maximum absolute atomic E-state index is 8.54. The van der Waals surface area contributed by atoms with E-state index in [0.717, 1.165) is 24.5 Å². The molecule has 74 valence electrons. The summed E-state index contributed by atoms with van der Waals surface area (Å²) in [5, 5.41) is 12.6. The first-order chi connectivity index (χ1) is 6.33. The van der Waals surface area contributed by atoms with Crippen molar-refractivity contribution in [3.8, 4) is 0 Å². The molecule has 0 amide bonds. The summed E-state index contributed by atoms with van der Waals surface area (Å²) >= 11 is 1.82. The Balaban J connectivity index is 2.06. The van der Waals surface area contributed by atoms with E-state index in [9.17, 15) is 0 Å². The Hall–Kier alpha value is -0.680. The van der Waals surface area contributed by atoms with Gasteiger partial charge in [-0.3, -0.25) is 4.68 Å². The minimum Gasteiger partial charge on any atom is -0.396 e. The number of nitrogens with zero attached hydrogens (tertiary/aromatic N) is 2. The van der Waals surface area contributed by atoms with E-state index < -0.39 is 0 Å². The molecule has 0 aliphatic heterocycles. The molecule has 0 saturated carbocycles. The van der Waals surface area contributed by atoms with Crippen LogP contribution in [-0.4, -0.2) is 33.0 Å². The molecule has 0 saturated heterocycles. The molecular formula is C8H15N3OS. The number of aryl methyl sites for hydroxylation is 1. The van der Waals surface area contributed by atoms with Crippen LogP contribution in [0.3, 0.4) is 0 Å². The summed E-state index contributed by atoms with van der Waals surface area (Å²) in [6.45, 7) is 1.16. The molecule has 0 aromatic carbocycles. The molecule has 0 fully saturated rings. The van der Waals surface area contributed by atoms with Crippen LogP contribution in [0.25, 0.3) is 0 Å². The summed E-state index contributed by atoms with van der Waals surface area (Å²) < 4.78 is 1.83. The number of nitrogens with two attached hydrogens (primary N) is 1. The first-order valence-electron chi connectivity index (χ1n) is 4.29. The molecule has 0 aliphatic rings. The van der Waals surface area contributed by atoms with Gasteiger partial charge in [0, 0.05) is 18.6 Å². The Morgan fingerprint density at radius 2 is 2.38 bits per heavy atom. The standard InChI is InChI=1S/C8H15N3OS/c9-8-6-10-11(7-8)2-5-13-4-1-3-12/h6-7,12H,1-5,9H2. The lowest BCUT2D eigenvalue weighted by atomic mass is 10.5. The van der Waals surface area contributed by atoms with Crippen LogP contribution < -0.4 is 5.73 Å². The lowest BCUT2D eigenvalue weighted by molar-refractivity contribution is 0.296. The molecule has 0 bridgehead atoms. The third-order valence-corrected chi connectivity index (χ3v) is 2.61. The van der Waals surface area contributed by atoms with Crippen LogP contribution in [0.1, 0.15) is 6.42 Å². The van der Waals surface area contributed by atoms with E-state index in [-0.39, 0.29) is 6.61 Å². The second kappa shape index (κ2) is 5.88. The van der Waals surface area contributed by atoms with E-state index in [1.807, 2.05) is 22.6 Å². The van der Waals surface area contributed by atoms with E-state index in [2.05, 4.69) is 5.10 Å². The van der Waals surface area contributed by atoms with E-state index >= 15 is 0 Å². The normalized spacial score (nSPS) is 10.5. The maximum Gasteiger partial charge on any atom is 0.0719 e. The molecule has 0 atom stereocenters. The van der Waals surface area contributed by atoms with E-state index in [1.54, 1.807) is 6.20 Å². The fourth-order valence-corrected chi connectivity index (χ4v) is 1.78. The van der Waals surface area contributed by atoms with Gasteiger partial charge in [0.25, 0.3) is 0 Å². The quantitative estimate of drug-likeness (QED) is 0.661. The van der Waals surface area contributed by atoms with Gasteiger partial charge < -0.3 is 10.8 Å². The highest BCUT2D eigenvalue weighted by Crippen LogP contribution is 2.04. The summed E-state index contributed by atoms with van der Waals surface area (Å²) in [4.78, 5) is 0. The van der Waals surface area contributed by atoms with Gasteiger partial charge >= 0.3 is 0 Å². The van der Waals surface area contributed by atoms with Crippen LogP contribution in [0.15, 0.2) is 12.4 Å². The molecule has 1 heterocycles. The molecular weight excluding hydrogens is 186 g/mol. The molecule has 1 aromatic rings. The second-order valence-corrected chi connectivity index (χ2v) is 3.95. The monoisotopic (exact) mass is 201 g/mol. The summed E-state index contributed by atoms with van der Waals surface area (Å²) in [7, 11) is 0. The van der Waals surface area contributed by atoms with Crippen LogP contribution >= 0.6 is 11.8 Å². The fraction of sp³-hybridized carbons (Fsp3) is 0.625. The van der Waals surface area contributed by atoms with Gasteiger partial charge in [-0.1, -0.05) is 0 Å². The number of nitrogen functional groups attached to an aromatic ring is 1. The highest BCUT2D eigenvalue weighted by atomic mass is 32.2. The minimum atomic E-state index is 0.279. The second-order valence-electron chi connectivity index (χ2n) is 2.73. The molecule has 0 unspecified atom stereocenters. The van der Waals surface area contributed by atoms with Gasteiger partial charge in [0.05, 0.1) is 18.4 Å². The van der Waals surface area contributed by atoms with Gasteiger partial charge in [0.2, 0.25) is 0 Å². The summed E-state index contributed by atoms with van der Waals surface area (Å²) in [6, 6.07) is 0. The number of rotatable bonds is 6. The zero-order valence-electron chi connectivity index (χ0n) is 7.52. The molecule has 13 heavy (non-hydrogen) atoms. The Morgan fingerprint density at radius 1 is 1.54 bits per heavy atom. The van der Waals surface area contributed by atoms with Crippen molar-refractivity contribution < 1.29 is 5.11 Å². The molecule has 5 heteroatoms. The third kappa shape index (κ3) is 4.19. The Bertz CT molecular complexity index is 239. The van der Waals surface area contributed by atoms with Crippen LogP contribution in [0.2, 0.25) is 0 Å². The average molecular weight is 201 g/mol. The van der Waals surface area contributed by atoms with Crippen molar-refractivity contribution in [2.24, 2.45) is 0 Å². The maximum atomic E-state index is 8.54. The van der Waals surface area contributed by atoms with Gasteiger partial charge in [0.15, 0.2) is 0 Å². The van der Waals surface area contributed by atoms with Crippen molar-refractivity contribution in [2.45, 2.75) is 13.0 Å². The molecule has 1 rings (SSSR count). The zero-order valence-corrected chi connectivity index (χ0v) is 8.33. The van der Waals surface area contributed by atoms with Crippen LogP contribution in [0.4, 0.5) is 5.69 Å². The number of anilines is 1. The van der Waals surface area contributed by atoms with Gasteiger partial charge in [-0.05, 0) is 12.2 Å². The summed E-state index contributed by atoms with van der Waals surface area (Å²) in [6.07, 6.45) is 4.34. The Morgan fingerprint density at radius 3 is 3.00 bits per heavy atom. The first-order valence-corrected chi connectivity index (χ1v) is 5.45. The van der Waals surface area contributed by atoms with Gasteiger partial charge in [-0.2, -0.15) is 16.9 Å². The number of aromatic nitrogens is 2. The van der Waals surface area contributed by atoms with Crippen molar-refractivity contribution in [1.29, 1.82) is 0 Å². The lowest BCUT2D eigenvalue weighted by Gasteiger charge is -2.00. The lowest BCUT2D eigenvalue weighted by Crippen LogP contribution is -2.01. The largest absolute Gasteiger partial charge is 0.396 e. The number of aliphatic hydroxyl groups excluding tert-OH is 1. The summed E-state index contributed by atoms with van der Waals surface area (Å²) in [5.74, 6) is 2.02. The van der Waals surface area contributed by atoms with Crippen molar-refractivity contribution in [3.63, 3.8) is 0 Å². The van der Waals surface area contributed by atoms with Crippen molar-refractivity contribution in [2.75, 3.05) is 23.8 Å². The highest BCUT2D eigenvalue weighted by Gasteiger charge is 1.94. The van der Waals surface area contributed by atoms with E-state index in [1.165, 1.54) is 0 Å². The Labute approximate surface area is 82.1 Å². The van der Waals surface area contributed by atoms with Gasteiger partial charge in [0.1, 0.15) is 0 Å². The van der Waals surface area contributed by atoms with Gasteiger partial charge in [-0.15, -0.1) is 0 Å². The number of hydrogen-bond donors (Lipinski definition) is 2. The molecule has 3 N–H and O–H groups in total. The molecule has 1 aromatic heterocycles. The van der Waals surface area contributed by atoms with Crippen molar-refractivity contribution in [1.82, 2.24) is 9.78 Å². The van der Waals surface area contributed by atoms with Crippen LogP contribution in [0.5, 0.6) is 0 Å². The van der Waals surface area contributed by atoms with Crippen LogP contribution in [-0.2, 0) is 6.54 Å². The van der Waals surface area contributed by atoms with E-state index in [0.29, 0.717) is 5.69 Å². The highest BCUT2D eigenvalue weighted by molar-refractivity contribution is 7.99. The predicted octanol–water partition coefficient (Wildman–Crippen LogP) is 0.581. The number of aliphatic hydroxyl groups is 1. The molecule has 0 aliphatic carbocycles. The van der Waals surface area contributed by atoms with Crippen molar-refractivity contribution in [3.05, 3.63) is 12.4 Å². The molecule has 0 radical (unpaired) electrons. The smallest absolute Gasteiger partial charge is 0.0719 e. The SMILES string of the molecule is Nc1cnn(CCSCCCO)c1. The van der Waals surface area contributed by atoms with Crippen LogP contribution in [0, 0.1) is 0 Å². The molecule has 0 spiro atoms. The predicted molar refractivity (Wildman–Crippen MR) is 55.7 cm³/mol. The fourth-order valence-electron chi connectivity index (χ4n) is 0.929. The number of thioether (sulfide) groups is 1. The molecule has 4 nitrogen and oxygen atoms in total. The zero-order chi connectivity index (χ0) is 9.52. The summed E-state index contributed by atoms with van der Waals surface area (Å²) in [5.41, 5.74) is 6.22. The average Bonchev–Trinajstić information content (AvgIpc) is 2.51. The topological polar surface area (TPSA) is 64.1 Å². The first kappa shape index (κ1) is 10.4. The Kier molecular flexibility index (Phi) is 4.70. The van der Waals surface area contributed by atoms with Gasteiger partial charge in [-0.25, -0.2) is 0 Å². The van der Waals surface area contributed by atoms with E-state index in [4.69, 9.17) is 10.8 Å². The minimum absolute atomic E-state index is 0.279. The third-order valence-electron chi connectivity index (χ3n) is 1.56.